The lowest BCUT2D eigenvalue weighted by molar-refractivity contribution is 0.367. The first kappa shape index (κ1) is 24.6. The Morgan fingerprint density at radius 2 is 1.10 bits per heavy atom. The summed E-state index contributed by atoms with van der Waals surface area (Å²) in [5.41, 5.74) is 1.78. The molecule has 0 fully saturated rings. The summed E-state index contributed by atoms with van der Waals surface area (Å²) in [6.45, 7) is 0. The Balaban J connectivity index is 1.32. The molecule has 0 N–H and O–H groups in total. The lowest BCUT2D eigenvalue weighted by atomic mass is 9.97. The van der Waals surface area contributed by atoms with Crippen LogP contribution in [0.4, 0.5) is 0 Å². The van der Waals surface area contributed by atoms with Gasteiger partial charge in [0, 0.05) is 44.6 Å². The normalized spacial score (nSPS) is 12.3. The Bertz CT molecular complexity index is 2130. The van der Waals surface area contributed by atoms with E-state index in [9.17, 15) is 0 Å². The summed E-state index contributed by atoms with van der Waals surface area (Å²) in [5, 5.41) is 6.22. The van der Waals surface area contributed by atoms with Gasteiger partial charge in [-0.3, -0.25) is 4.98 Å². The van der Waals surface area contributed by atoms with Crippen LogP contribution in [-0.4, -0.2) is 4.98 Å². The first-order valence-corrected chi connectivity index (χ1v) is 15.5. The third-order valence-electron chi connectivity index (χ3n) is 7.87. The molecule has 6 aromatic carbocycles. The molecular weight excluding hydrogens is 537 g/mol. The molecule has 0 aliphatic carbocycles. The molecule has 0 unspecified atom stereocenters. The molecule has 0 saturated heterocycles. The molecule has 0 saturated carbocycles. The second-order valence-electron chi connectivity index (χ2n) is 10.3. The fourth-order valence-corrected chi connectivity index (χ4v) is 8.47. The van der Waals surface area contributed by atoms with Gasteiger partial charge in [-0.15, -0.1) is 0 Å². The van der Waals surface area contributed by atoms with Gasteiger partial charge in [0.25, 0.3) is 0 Å². The van der Waals surface area contributed by atoms with E-state index < -0.39 is 7.14 Å². The maximum atomic E-state index is 15.1. The number of rotatable bonds is 4. The fraction of sp³-hybridized carbons (Fsp3) is 0. The maximum absolute atomic E-state index is 15.1. The van der Waals surface area contributed by atoms with Crippen molar-refractivity contribution >= 4 is 44.6 Å². The summed E-state index contributed by atoms with van der Waals surface area (Å²) in [7, 11) is -3.20. The maximum Gasteiger partial charge on any atom is 0.177 e. The molecule has 4 nitrogen and oxygen atoms in total. The molecule has 0 bridgehead atoms. The molecule has 5 heteroatoms. The van der Waals surface area contributed by atoms with E-state index in [0.29, 0.717) is 28.3 Å². The lowest BCUT2D eigenvalue weighted by Crippen LogP contribution is -2.25. The summed E-state index contributed by atoms with van der Waals surface area (Å²) in [6, 6.07) is 43.6. The van der Waals surface area contributed by atoms with Crippen LogP contribution in [0.2, 0.25) is 0 Å². The molecule has 0 spiro atoms. The average molecular weight is 562 g/mol. The van der Waals surface area contributed by atoms with Crippen molar-refractivity contribution in [3.05, 3.63) is 146 Å². The zero-order chi connectivity index (χ0) is 28.1. The molecule has 42 heavy (non-hydrogen) atoms. The lowest BCUT2D eigenvalue weighted by Gasteiger charge is -2.25. The fourth-order valence-electron chi connectivity index (χ4n) is 5.84. The van der Waals surface area contributed by atoms with Gasteiger partial charge in [0.15, 0.2) is 30.1 Å². The van der Waals surface area contributed by atoms with Crippen molar-refractivity contribution in [2.45, 2.75) is 0 Å². The zero-order valence-corrected chi connectivity index (χ0v) is 23.4. The third kappa shape index (κ3) is 3.84. The van der Waals surface area contributed by atoms with E-state index in [4.69, 9.17) is 9.47 Å². The highest BCUT2D eigenvalue weighted by Gasteiger charge is 2.31. The predicted molar refractivity (Wildman–Crippen MR) is 171 cm³/mol. The second kappa shape index (κ2) is 9.73. The number of benzene rings is 6. The van der Waals surface area contributed by atoms with E-state index in [0.717, 1.165) is 43.3 Å². The number of aromatic nitrogens is 1. The van der Waals surface area contributed by atoms with E-state index in [1.54, 1.807) is 6.20 Å². The molecule has 8 rings (SSSR count). The Kier molecular flexibility index (Phi) is 5.70. The summed E-state index contributed by atoms with van der Waals surface area (Å²) >= 11 is 0. The van der Waals surface area contributed by atoms with Gasteiger partial charge in [-0.25, -0.2) is 0 Å². The van der Waals surface area contributed by atoms with Crippen LogP contribution < -0.4 is 25.4 Å². The molecule has 1 aliphatic heterocycles. The minimum atomic E-state index is -3.20. The molecule has 7 aromatic rings. The van der Waals surface area contributed by atoms with Crippen molar-refractivity contribution in [2.75, 3.05) is 0 Å². The number of hydrogen-bond donors (Lipinski definition) is 0. The largest absolute Gasteiger partial charge is 0.449 e. The Hall–Kier alpha value is -5.18. The average Bonchev–Trinajstić information content (AvgIpc) is 3.07. The minimum absolute atomic E-state index is 0.632. The highest BCUT2D eigenvalue weighted by Crippen LogP contribution is 2.53. The molecule has 2 heterocycles. The highest BCUT2D eigenvalue weighted by molar-refractivity contribution is 7.85. The smallest absolute Gasteiger partial charge is 0.177 e. The van der Waals surface area contributed by atoms with Gasteiger partial charge >= 0.3 is 0 Å². The van der Waals surface area contributed by atoms with Crippen LogP contribution in [-0.2, 0) is 4.57 Å². The first-order valence-electron chi connectivity index (χ1n) is 13.8. The van der Waals surface area contributed by atoms with Gasteiger partial charge in [-0.05, 0) is 34.5 Å². The monoisotopic (exact) mass is 561 g/mol. The number of hydrogen-bond acceptors (Lipinski definition) is 4. The molecule has 0 radical (unpaired) electrons. The van der Waals surface area contributed by atoms with Crippen LogP contribution in [0.1, 0.15) is 0 Å². The number of ether oxygens (including phenoxy) is 2. The van der Waals surface area contributed by atoms with E-state index >= 15 is 4.57 Å². The van der Waals surface area contributed by atoms with Crippen molar-refractivity contribution in [2.24, 2.45) is 0 Å². The van der Waals surface area contributed by atoms with Gasteiger partial charge in [-0.2, -0.15) is 0 Å². The number of fused-ring (bicyclic) bond motifs is 6. The third-order valence-corrected chi connectivity index (χ3v) is 10.9. The van der Waals surface area contributed by atoms with E-state index in [1.165, 1.54) is 0 Å². The Labute approximate surface area is 243 Å². The van der Waals surface area contributed by atoms with Crippen molar-refractivity contribution < 1.29 is 14.0 Å². The summed E-state index contributed by atoms with van der Waals surface area (Å²) in [6.07, 6.45) is 3.55. The van der Waals surface area contributed by atoms with Gasteiger partial charge < -0.3 is 14.0 Å². The molecule has 200 valence electrons. The topological polar surface area (TPSA) is 48.4 Å². The summed E-state index contributed by atoms with van der Waals surface area (Å²) in [4.78, 5) is 4.63. The van der Waals surface area contributed by atoms with Crippen LogP contribution in [0, 0.1) is 0 Å². The van der Waals surface area contributed by atoms with Crippen molar-refractivity contribution in [1.29, 1.82) is 0 Å². The van der Waals surface area contributed by atoms with Crippen LogP contribution in [0.15, 0.2) is 146 Å². The van der Waals surface area contributed by atoms with Crippen molar-refractivity contribution in [3.8, 4) is 34.1 Å². The van der Waals surface area contributed by atoms with E-state index in [-0.39, 0.29) is 0 Å². The van der Waals surface area contributed by atoms with Gasteiger partial charge in [0.05, 0.1) is 0 Å². The zero-order valence-electron chi connectivity index (χ0n) is 22.5. The molecule has 0 atom stereocenters. The van der Waals surface area contributed by atoms with Gasteiger partial charge in [-0.1, -0.05) is 115 Å². The number of nitrogens with zero attached hydrogens (tertiary/aromatic N) is 1. The molecular formula is C37H24NO3P. The Morgan fingerprint density at radius 3 is 1.83 bits per heavy atom. The van der Waals surface area contributed by atoms with Crippen LogP contribution in [0.25, 0.3) is 32.7 Å². The van der Waals surface area contributed by atoms with E-state index in [2.05, 4.69) is 17.1 Å². The number of pyridine rings is 1. The molecule has 1 aliphatic rings. The van der Waals surface area contributed by atoms with Crippen molar-refractivity contribution in [3.63, 3.8) is 0 Å². The van der Waals surface area contributed by atoms with Crippen LogP contribution in [0.3, 0.4) is 0 Å². The first-order chi connectivity index (χ1) is 20.7. The minimum Gasteiger partial charge on any atom is -0.449 e. The van der Waals surface area contributed by atoms with Crippen LogP contribution >= 0.6 is 7.14 Å². The predicted octanol–water partition coefficient (Wildman–Crippen LogP) is 8.59. The van der Waals surface area contributed by atoms with E-state index in [1.807, 2.05) is 128 Å². The summed E-state index contributed by atoms with van der Waals surface area (Å²) in [5.74, 6) is 2.70. The summed E-state index contributed by atoms with van der Waals surface area (Å²) < 4.78 is 28.2. The highest BCUT2D eigenvalue weighted by atomic mass is 31.2. The molecule has 1 aromatic heterocycles. The quantitative estimate of drug-likeness (QED) is 0.202. The van der Waals surface area contributed by atoms with Gasteiger partial charge in [0.1, 0.15) is 0 Å². The standard InChI is InChI=1S/C37H24NO3P/c39-42(27-12-3-1-4-13-27,28-14-5-2-6-15-28)29-21-26(23-38-24-29)33-22-35-37(32-18-10-9-17-31(32)33)40-34-20-19-25-11-7-8-16-30(25)36(34)41-35/h1-24H. The van der Waals surface area contributed by atoms with Crippen molar-refractivity contribution in [1.82, 2.24) is 4.98 Å². The SMILES string of the molecule is O=P(c1ccccc1)(c1ccccc1)c1cncc(-c2cc3c(c4ccccc24)Oc2ccc4ccccc4c2O3)c1. The second-order valence-corrected chi connectivity index (χ2v) is 13.1. The van der Waals surface area contributed by atoms with Gasteiger partial charge in [0.2, 0.25) is 0 Å². The van der Waals surface area contributed by atoms with Crippen LogP contribution in [0.5, 0.6) is 23.0 Å². The Morgan fingerprint density at radius 1 is 0.500 bits per heavy atom. The molecule has 0 amide bonds.